The maximum Gasteiger partial charge on any atom is 0.309 e. The van der Waals surface area contributed by atoms with Gasteiger partial charge in [0.15, 0.2) is 0 Å². The fourth-order valence-corrected chi connectivity index (χ4v) is 1.79. The SMILES string of the molecule is CC(C)c1ccccc1NC(=O)CC(C)(C)C(=O)O. The minimum atomic E-state index is -1.06. The van der Waals surface area contributed by atoms with Crippen LogP contribution in [0, 0.1) is 5.41 Å². The Balaban J connectivity index is 2.81. The zero-order chi connectivity index (χ0) is 14.6. The van der Waals surface area contributed by atoms with E-state index in [0.717, 1.165) is 11.3 Å². The van der Waals surface area contributed by atoms with E-state index in [4.69, 9.17) is 5.11 Å². The maximum absolute atomic E-state index is 11.9. The van der Waals surface area contributed by atoms with Crippen LogP contribution in [-0.4, -0.2) is 17.0 Å². The summed E-state index contributed by atoms with van der Waals surface area (Å²) in [5, 5.41) is 11.8. The monoisotopic (exact) mass is 263 g/mol. The van der Waals surface area contributed by atoms with Gasteiger partial charge in [-0.05, 0) is 31.4 Å². The number of nitrogens with one attached hydrogen (secondary N) is 1. The largest absolute Gasteiger partial charge is 0.481 e. The lowest BCUT2D eigenvalue weighted by Crippen LogP contribution is -2.29. The number of amides is 1. The highest BCUT2D eigenvalue weighted by Gasteiger charge is 2.30. The minimum Gasteiger partial charge on any atom is -0.481 e. The Labute approximate surface area is 113 Å². The summed E-state index contributed by atoms with van der Waals surface area (Å²) in [7, 11) is 0. The molecule has 104 valence electrons. The van der Waals surface area contributed by atoms with E-state index in [1.54, 1.807) is 13.8 Å². The molecule has 0 aromatic heterocycles. The molecule has 2 N–H and O–H groups in total. The first kappa shape index (κ1) is 15.2. The van der Waals surface area contributed by atoms with Crippen molar-refractivity contribution in [3.05, 3.63) is 29.8 Å². The van der Waals surface area contributed by atoms with Gasteiger partial charge in [-0.15, -0.1) is 0 Å². The number of aliphatic carboxylic acids is 1. The topological polar surface area (TPSA) is 66.4 Å². The van der Waals surface area contributed by atoms with Gasteiger partial charge < -0.3 is 10.4 Å². The summed E-state index contributed by atoms with van der Waals surface area (Å²) in [6, 6.07) is 7.57. The lowest BCUT2D eigenvalue weighted by atomic mass is 9.89. The molecule has 0 aliphatic carbocycles. The van der Waals surface area contributed by atoms with Gasteiger partial charge in [-0.1, -0.05) is 32.0 Å². The normalized spacial score (nSPS) is 11.4. The van der Waals surface area contributed by atoms with Crippen molar-refractivity contribution in [1.29, 1.82) is 0 Å². The van der Waals surface area contributed by atoms with Crippen molar-refractivity contribution in [2.24, 2.45) is 5.41 Å². The van der Waals surface area contributed by atoms with E-state index in [1.165, 1.54) is 0 Å². The highest BCUT2D eigenvalue weighted by Crippen LogP contribution is 2.26. The zero-order valence-electron chi connectivity index (χ0n) is 11.9. The molecule has 1 amide bonds. The molecule has 0 atom stereocenters. The predicted octanol–water partition coefficient (Wildman–Crippen LogP) is 3.25. The molecule has 0 saturated heterocycles. The van der Waals surface area contributed by atoms with Crippen molar-refractivity contribution in [2.75, 3.05) is 5.32 Å². The first-order valence-corrected chi connectivity index (χ1v) is 6.36. The van der Waals surface area contributed by atoms with Gasteiger partial charge >= 0.3 is 5.97 Å². The van der Waals surface area contributed by atoms with Crippen molar-refractivity contribution in [3.63, 3.8) is 0 Å². The molecular formula is C15H21NO3. The van der Waals surface area contributed by atoms with E-state index < -0.39 is 11.4 Å². The summed E-state index contributed by atoms with van der Waals surface area (Å²) in [6.45, 7) is 7.19. The number of hydrogen-bond donors (Lipinski definition) is 2. The van der Waals surface area contributed by atoms with E-state index in [9.17, 15) is 9.59 Å². The van der Waals surface area contributed by atoms with Gasteiger partial charge in [0.25, 0.3) is 0 Å². The van der Waals surface area contributed by atoms with Gasteiger partial charge in [0, 0.05) is 12.1 Å². The molecular weight excluding hydrogens is 242 g/mol. The molecule has 1 rings (SSSR count). The maximum atomic E-state index is 11.9. The van der Waals surface area contributed by atoms with Gasteiger partial charge in [0.05, 0.1) is 5.41 Å². The van der Waals surface area contributed by atoms with Crippen molar-refractivity contribution < 1.29 is 14.7 Å². The minimum absolute atomic E-state index is 0.0469. The Morgan fingerprint density at radius 2 is 1.84 bits per heavy atom. The van der Waals surface area contributed by atoms with Gasteiger partial charge in [-0.2, -0.15) is 0 Å². The molecule has 1 aromatic carbocycles. The molecule has 0 spiro atoms. The van der Waals surface area contributed by atoms with Crippen LogP contribution in [0.1, 0.15) is 45.6 Å². The van der Waals surface area contributed by atoms with Crippen LogP contribution in [0.5, 0.6) is 0 Å². The number of anilines is 1. The van der Waals surface area contributed by atoms with E-state index in [1.807, 2.05) is 38.1 Å². The third-order valence-corrected chi connectivity index (χ3v) is 3.04. The molecule has 0 aliphatic rings. The summed E-state index contributed by atoms with van der Waals surface area (Å²) >= 11 is 0. The average molecular weight is 263 g/mol. The van der Waals surface area contributed by atoms with Crippen molar-refractivity contribution in [1.82, 2.24) is 0 Å². The second-order valence-electron chi connectivity index (χ2n) is 5.66. The zero-order valence-corrected chi connectivity index (χ0v) is 11.9. The van der Waals surface area contributed by atoms with Crippen LogP contribution in [-0.2, 0) is 9.59 Å². The number of benzene rings is 1. The molecule has 0 saturated carbocycles. The number of para-hydroxylation sites is 1. The van der Waals surface area contributed by atoms with Gasteiger partial charge in [0.1, 0.15) is 0 Å². The quantitative estimate of drug-likeness (QED) is 0.857. The summed E-state index contributed by atoms with van der Waals surface area (Å²) in [5.41, 5.74) is 0.740. The lowest BCUT2D eigenvalue weighted by molar-refractivity contribution is -0.148. The van der Waals surface area contributed by atoms with E-state index in [0.29, 0.717) is 5.92 Å². The lowest BCUT2D eigenvalue weighted by Gasteiger charge is -2.19. The smallest absolute Gasteiger partial charge is 0.309 e. The molecule has 1 aromatic rings. The molecule has 0 aliphatic heterocycles. The standard InChI is InChI=1S/C15H21NO3/c1-10(2)11-7-5-6-8-12(11)16-13(17)9-15(3,4)14(18)19/h5-8,10H,9H2,1-4H3,(H,16,17)(H,18,19). The highest BCUT2D eigenvalue weighted by molar-refractivity contribution is 5.94. The average Bonchev–Trinajstić information content (AvgIpc) is 2.28. The van der Waals surface area contributed by atoms with Crippen molar-refractivity contribution in [2.45, 2.75) is 40.0 Å². The summed E-state index contributed by atoms with van der Waals surface area (Å²) < 4.78 is 0. The molecule has 4 heteroatoms. The number of carboxylic acids is 1. The first-order chi connectivity index (χ1) is 8.74. The van der Waals surface area contributed by atoms with Crippen LogP contribution >= 0.6 is 0 Å². The van der Waals surface area contributed by atoms with Crippen LogP contribution in [0.15, 0.2) is 24.3 Å². The number of rotatable bonds is 5. The van der Waals surface area contributed by atoms with E-state index >= 15 is 0 Å². The molecule has 0 radical (unpaired) electrons. The fraction of sp³-hybridized carbons (Fsp3) is 0.467. The van der Waals surface area contributed by atoms with Crippen molar-refractivity contribution >= 4 is 17.6 Å². The number of hydrogen-bond acceptors (Lipinski definition) is 2. The van der Waals surface area contributed by atoms with E-state index in [2.05, 4.69) is 5.32 Å². The first-order valence-electron chi connectivity index (χ1n) is 6.36. The van der Waals surface area contributed by atoms with Crippen LogP contribution in [0.3, 0.4) is 0 Å². The Hall–Kier alpha value is -1.84. The van der Waals surface area contributed by atoms with E-state index in [-0.39, 0.29) is 12.3 Å². The molecule has 0 unspecified atom stereocenters. The molecule has 4 nitrogen and oxygen atoms in total. The van der Waals surface area contributed by atoms with Crippen LogP contribution < -0.4 is 5.32 Å². The fourth-order valence-electron chi connectivity index (χ4n) is 1.79. The second kappa shape index (κ2) is 5.87. The Bertz CT molecular complexity index is 478. The molecule has 0 fully saturated rings. The van der Waals surface area contributed by atoms with Crippen LogP contribution in [0.25, 0.3) is 0 Å². The third-order valence-electron chi connectivity index (χ3n) is 3.04. The third kappa shape index (κ3) is 4.09. The summed E-state index contributed by atoms with van der Waals surface area (Å²) in [6.07, 6.45) is -0.0469. The number of carbonyl (C=O) groups is 2. The summed E-state index contributed by atoms with van der Waals surface area (Å²) in [4.78, 5) is 22.9. The Morgan fingerprint density at radius 3 is 2.37 bits per heavy atom. The van der Waals surface area contributed by atoms with Crippen LogP contribution in [0.4, 0.5) is 5.69 Å². The van der Waals surface area contributed by atoms with Crippen LogP contribution in [0.2, 0.25) is 0 Å². The molecule has 0 heterocycles. The second-order valence-corrected chi connectivity index (χ2v) is 5.66. The Kier molecular flexibility index (Phi) is 4.70. The van der Waals surface area contributed by atoms with Gasteiger partial charge in [0.2, 0.25) is 5.91 Å². The Morgan fingerprint density at radius 1 is 1.26 bits per heavy atom. The number of carboxylic acid groups (broad SMARTS) is 1. The molecule has 0 bridgehead atoms. The highest BCUT2D eigenvalue weighted by atomic mass is 16.4. The van der Waals surface area contributed by atoms with Crippen molar-refractivity contribution in [3.8, 4) is 0 Å². The predicted molar refractivity (Wildman–Crippen MR) is 75.2 cm³/mol. The number of carbonyl (C=O) groups excluding carboxylic acids is 1. The van der Waals surface area contributed by atoms with Gasteiger partial charge in [-0.25, -0.2) is 0 Å². The van der Waals surface area contributed by atoms with Gasteiger partial charge in [-0.3, -0.25) is 9.59 Å². The molecule has 19 heavy (non-hydrogen) atoms. The summed E-state index contributed by atoms with van der Waals surface area (Å²) in [5.74, 6) is -0.954.